The van der Waals surface area contributed by atoms with Crippen LogP contribution in [-0.4, -0.2) is 58.3 Å². The molecule has 1 atom stereocenters. The van der Waals surface area contributed by atoms with E-state index in [0.29, 0.717) is 5.92 Å². The van der Waals surface area contributed by atoms with Gasteiger partial charge in [-0.15, -0.1) is 0 Å². The van der Waals surface area contributed by atoms with Crippen molar-refractivity contribution in [2.24, 2.45) is 18.0 Å². The van der Waals surface area contributed by atoms with Crippen molar-refractivity contribution in [2.75, 3.05) is 32.7 Å². The van der Waals surface area contributed by atoms with Crippen LogP contribution in [0.3, 0.4) is 0 Å². The van der Waals surface area contributed by atoms with E-state index in [-0.39, 0.29) is 0 Å². The molecule has 2 saturated heterocycles. The van der Waals surface area contributed by atoms with E-state index in [9.17, 15) is 0 Å². The fraction of sp³-hybridized carbons (Fsp3) is 0.600. The summed E-state index contributed by atoms with van der Waals surface area (Å²) in [5.41, 5.74) is 4.02. The molecule has 0 radical (unpaired) electrons. The second-order valence-electron chi connectivity index (χ2n) is 9.32. The van der Waals surface area contributed by atoms with E-state index < -0.39 is 0 Å². The quantitative estimate of drug-likeness (QED) is 0.571. The van der Waals surface area contributed by atoms with Crippen LogP contribution >= 0.6 is 0 Å². The molecule has 1 unspecified atom stereocenters. The zero-order valence-electron chi connectivity index (χ0n) is 19.4. The number of benzene rings is 1. The van der Waals surface area contributed by atoms with E-state index in [1.807, 2.05) is 17.9 Å². The lowest BCUT2D eigenvalue weighted by Gasteiger charge is -2.30. The molecule has 1 N–H and O–H groups in total. The lowest BCUT2D eigenvalue weighted by Crippen LogP contribution is -2.40. The zero-order valence-corrected chi connectivity index (χ0v) is 19.4. The Hall–Kier alpha value is -2.34. The van der Waals surface area contributed by atoms with E-state index in [2.05, 4.69) is 64.5 Å². The molecule has 31 heavy (non-hydrogen) atoms. The normalized spacial score (nSPS) is 21.1. The van der Waals surface area contributed by atoms with Crippen molar-refractivity contribution in [1.29, 1.82) is 0 Å². The van der Waals surface area contributed by atoms with Gasteiger partial charge in [0.1, 0.15) is 0 Å². The number of nitrogens with zero attached hydrogens (tertiary/aromatic N) is 5. The van der Waals surface area contributed by atoms with Gasteiger partial charge in [0.2, 0.25) is 0 Å². The summed E-state index contributed by atoms with van der Waals surface area (Å²) in [5.74, 6) is 2.45. The van der Waals surface area contributed by atoms with Crippen molar-refractivity contribution in [3.63, 3.8) is 0 Å². The van der Waals surface area contributed by atoms with E-state index in [1.54, 1.807) is 0 Å². The molecule has 6 nitrogen and oxygen atoms in total. The number of guanidine groups is 1. The van der Waals surface area contributed by atoms with Crippen molar-refractivity contribution in [3.05, 3.63) is 53.3 Å². The Morgan fingerprint density at radius 2 is 1.84 bits per heavy atom. The summed E-state index contributed by atoms with van der Waals surface area (Å²) in [5, 5.41) is 7.83. The van der Waals surface area contributed by atoms with Gasteiger partial charge in [-0.05, 0) is 61.9 Å². The topological polar surface area (TPSA) is 48.7 Å². The summed E-state index contributed by atoms with van der Waals surface area (Å²) in [6.45, 7) is 11.7. The predicted molar refractivity (Wildman–Crippen MR) is 127 cm³/mol. The second-order valence-corrected chi connectivity index (χ2v) is 9.32. The van der Waals surface area contributed by atoms with Gasteiger partial charge in [0.15, 0.2) is 5.96 Å². The summed E-state index contributed by atoms with van der Waals surface area (Å²) in [6.07, 6.45) is 7.96. The first-order valence-corrected chi connectivity index (χ1v) is 11.9. The molecule has 168 valence electrons. The number of hydrogen-bond acceptors (Lipinski definition) is 3. The van der Waals surface area contributed by atoms with Crippen molar-refractivity contribution in [3.8, 4) is 0 Å². The molecule has 0 aliphatic carbocycles. The minimum atomic E-state index is 0.537. The highest BCUT2D eigenvalue weighted by atomic mass is 15.3. The van der Waals surface area contributed by atoms with Crippen LogP contribution in [0.1, 0.15) is 55.7 Å². The Balaban J connectivity index is 1.33. The molecule has 1 aromatic heterocycles. The number of nitrogens with one attached hydrogen (secondary N) is 1. The average Bonchev–Trinajstić information content (AvgIpc) is 3.43. The molecule has 2 fully saturated rings. The minimum Gasteiger partial charge on any atom is -0.357 e. The first kappa shape index (κ1) is 21.9. The average molecular weight is 423 g/mol. The summed E-state index contributed by atoms with van der Waals surface area (Å²) in [7, 11) is 1.99. The predicted octanol–water partition coefficient (Wildman–Crippen LogP) is 3.61. The SMILES string of the molecule is CCNC(=NCc1ccc(CN2CCC(C)CC2)cc1)N1CCC(c2cnn(C)c2)C1. The Kier molecular flexibility index (Phi) is 7.28. The maximum atomic E-state index is 4.95. The highest BCUT2D eigenvalue weighted by Gasteiger charge is 2.26. The lowest BCUT2D eigenvalue weighted by molar-refractivity contribution is 0.185. The molecule has 0 amide bonds. The first-order chi connectivity index (χ1) is 15.1. The van der Waals surface area contributed by atoms with Crippen LogP contribution in [-0.2, 0) is 20.1 Å². The fourth-order valence-corrected chi connectivity index (χ4v) is 4.70. The largest absolute Gasteiger partial charge is 0.357 e. The van der Waals surface area contributed by atoms with Crippen molar-refractivity contribution < 1.29 is 0 Å². The fourth-order valence-electron chi connectivity index (χ4n) is 4.70. The molecule has 4 rings (SSSR count). The summed E-state index contributed by atoms with van der Waals surface area (Å²) >= 11 is 0. The van der Waals surface area contributed by atoms with Crippen LogP contribution in [0, 0.1) is 5.92 Å². The van der Waals surface area contributed by atoms with Gasteiger partial charge < -0.3 is 10.2 Å². The van der Waals surface area contributed by atoms with Crippen molar-refractivity contribution in [2.45, 2.75) is 52.1 Å². The van der Waals surface area contributed by atoms with Gasteiger partial charge in [0, 0.05) is 45.3 Å². The van der Waals surface area contributed by atoms with Crippen LogP contribution in [0.4, 0.5) is 0 Å². The molecule has 0 bridgehead atoms. The monoisotopic (exact) mass is 422 g/mol. The number of aromatic nitrogens is 2. The molecular formula is C25H38N6. The molecule has 0 spiro atoms. The molecule has 3 heterocycles. The Morgan fingerprint density at radius 1 is 1.10 bits per heavy atom. The van der Waals surface area contributed by atoms with E-state index >= 15 is 0 Å². The van der Waals surface area contributed by atoms with Crippen molar-refractivity contribution in [1.82, 2.24) is 24.9 Å². The molecular weight excluding hydrogens is 384 g/mol. The summed E-state index contributed by atoms with van der Waals surface area (Å²) < 4.78 is 1.90. The molecule has 0 saturated carbocycles. The van der Waals surface area contributed by atoms with E-state index in [1.165, 1.54) is 42.6 Å². The van der Waals surface area contributed by atoms with Crippen LogP contribution in [0.5, 0.6) is 0 Å². The minimum absolute atomic E-state index is 0.537. The maximum absolute atomic E-state index is 4.95. The Bertz CT molecular complexity index is 847. The third-order valence-corrected chi connectivity index (χ3v) is 6.74. The standard InChI is InChI=1S/C25H38N6/c1-4-26-25(31-14-11-23(19-31)24-16-28-29(3)18-24)27-15-21-5-7-22(8-6-21)17-30-12-9-20(2)10-13-30/h5-8,16,18,20,23H,4,9-15,17,19H2,1-3H3,(H,26,27). The highest BCUT2D eigenvalue weighted by Crippen LogP contribution is 2.26. The third-order valence-electron chi connectivity index (χ3n) is 6.74. The molecule has 2 aliphatic heterocycles. The number of piperidine rings is 1. The van der Waals surface area contributed by atoms with Gasteiger partial charge in [0.05, 0.1) is 12.7 Å². The van der Waals surface area contributed by atoms with Crippen LogP contribution in [0.25, 0.3) is 0 Å². The van der Waals surface area contributed by atoms with Crippen LogP contribution in [0.2, 0.25) is 0 Å². The van der Waals surface area contributed by atoms with Crippen molar-refractivity contribution >= 4 is 5.96 Å². The van der Waals surface area contributed by atoms with Crippen LogP contribution in [0.15, 0.2) is 41.7 Å². The number of hydrogen-bond donors (Lipinski definition) is 1. The summed E-state index contributed by atoms with van der Waals surface area (Å²) in [4.78, 5) is 9.93. The number of rotatable bonds is 6. The summed E-state index contributed by atoms with van der Waals surface area (Å²) in [6, 6.07) is 9.06. The van der Waals surface area contributed by atoms with Gasteiger partial charge >= 0.3 is 0 Å². The van der Waals surface area contributed by atoms with Gasteiger partial charge in [0.25, 0.3) is 0 Å². The number of aryl methyl sites for hydroxylation is 1. The van der Waals surface area contributed by atoms with Gasteiger partial charge in [-0.25, -0.2) is 4.99 Å². The number of likely N-dealkylation sites (tertiary alicyclic amines) is 2. The second kappa shape index (κ2) is 10.3. The molecule has 6 heteroatoms. The van der Waals surface area contributed by atoms with Crippen LogP contribution < -0.4 is 5.32 Å². The molecule has 1 aromatic carbocycles. The Morgan fingerprint density at radius 3 is 2.52 bits per heavy atom. The number of aliphatic imine (C=N–C) groups is 1. The lowest BCUT2D eigenvalue weighted by atomic mass is 9.99. The zero-order chi connectivity index (χ0) is 21.6. The van der Waals surface area contributed by atoms with E-state index in [4.69, 9.17) is 4.99 Å². The Labute approximate surface area is 187 Å². The van der Waals surface area contributed by atoms with E-state index in [0.717, 1.165) is 51.0 Å². The third kappa shape index (κ3) is 5.88. The molecule has 2 aliphatic rings. The van der Waals surface area contributed by atoms with Gasteiger partial charge in [-0.1, -0.05) is 31.2 Å². The van der Waals surface area contributed by atoms with Gasteiger partial charge in [-0.3, -0.25) is 9.58 Å². The maximum Gasteiger partial charge on any atom is 0.194 e. The molecule has 2 aromatic rings. The highest BCUT2D eigenvalue weighted by molar-refractivity contribution is 5.80. The van der Waals surface area contributed by atoms with Gasteiger partial charge in [-0.2, -0.15) is 5.10 Å². The first-order valence-electron chi connectivity index (χ1n) is 11.9. The smallest absolute Gasteiger partial charge is 0.194 e.